The predicted molar refractivity (Wildman–Crippen MR) is 131 cm³/mol. The summed E-state index contributed by atoms with van der Waals surface area (Å²) in [5.41, 5.74) is 2.78. The molecule has 182 valence electrons. The van der Waals surface area contributed by atoms with Crippen molar-refractivity contribution in [2.75, 3.05) is 37.0 Å². The van der Waals surface area contributed by atoms with Gasteiger partial charge in [0.2, 0.25) is 11.8 Å². The predicted octanol–water partition coefficient (Wildman–Crippen LogP) is 4.92. The van der Waals surface area contributed by atoms with Crippen molar-refractivity contribution < 1.29 is 18.7 Å². The highest BCUT2D eigenvalue weighted by Gasteiger charge is 2.28. The Morgan fingerprint density at radius 1 is 1.06 bits per heavy atom. The first kappa shape index (κ1) is 22.9. The average Bonchev–Trinajstić information content (AvgIpc) is 3.41. The van der Waals surface area contributed by atoms with Crippen molar-refractivity contribution in [1.29, 1.82) is 0 Å². The Morgan fingerprint density at radius 2 is 1.89 bits per heavy atom. The van der Waals surface area contributed by atoms with E-state index in [9.17, 15) is 9.18 Å². The van der Waals surface area contributed by atoms with Crippen LogP contribution in [0.4, 0.5) is 20.8 Å². The third-order valence-corrected chi connectivity index (χ3v) is 6.35. The van der Waals surface area contributed by atoms with Crippen molar-refractivity contribution in [3.8, 4) is 17.4 Å². The number of nitrogens with zero attached hydrogens (tertiary/aromatic N) is 4. The highest BCUT2D eigenvalue weighted by Crippen LogP contribution is 2.33. The lowest BCUT2D eigenvalue weighted by Crippen LogP contribution is -2.39. The molecular weight excluding hydrogens is 449 g/mol. The van der Waals surface area contributed by atoms with Crippen LogP contribution in [0.1, 0.15) is 29.7 Å². The molecule has 1 saturated heterocycles. The van der Waals surface area contributed by atoms with E-state index in [1.807, 2.05) is 18.2 Å². The molecule has 2 aliphatic heterocycles. The fraction of sp³-hybridized carbons (Fsp3) is 0.346. The van der Waals surface area contributed by atoms with Gasteiger partial charge in [0.05, 0.1) is 24.9 Å². The molecule has 0 radical (unpaired) electrons. The summed E-state index contributed by atoms with van der Waals surface area (Å²) in [6.45, 7) is 4.33. The quantitative estimate of drug-likeness (QED) is 0.562. The topological polar surface area (TPSA) is 79.8 Å². The molecule has 2 aliphatic rings. The number of carbonyl (C=O) groups excluding carboxylic acids is 1. The zero-order valence-electron chi connectivity index (χ0n) is 19.9. The van der Waals surface area contributed by atoms with Crippen molar-refractivity contribution in [3.05, 3.63) is 65.1 Å². The molecule has 35 heavy (non-hydrogen) atoms. The number of hydrogen-bond donors (Lipinski definition) is 1. The van der Waals surface area contributed by atoms with E-state index in [2.05, 4.69) is 10.2 Å². The number of ether oxygens (including phenoxy) is 2. The van der Waals surface area contributed by atoms with E-state index >= 15 is 0 Å². The van der Waals surface area contributed by atoms with Crippen LogP contribution in [0, 0.1) is 12.7 Å². The monoisotopic (exact) mass is 477 g/mol. The van der Waals surface area contributed by atoms with Crippen LogP contribution in [0.25, 0.3) is 0 Å². The van der Waals surface area contributed by atoms with E-state index in [1.54, 1.807) is 37.1 Å². The Balaban J connectivity index is 1.42. The van der Waals surface area contributed by atoms with Gasteiger partial charge in [-0.1, -0.05) is 6.07 Å². The molecule has 1 fully saturated rings. The first-order valence-electron chi connectivity index (χ1n) is 11.8. The minimum atomic E-state index is -0.291. The second-order valence-corrected chi connectivity index (χ2v) is 8.79. The van der Waals surface area contributed by atoms with E-state index < -0.39 is 0 Å². The largest absolute Gasteiger partial charge is 0.497 e. The van der Waals surface area contributed by atoms with Crippen LogP contribution >= 0.6 is 0 Å². The van der Waals surface area contributed by atoms with Crippen molar-refractivity contribution in [2.45, 2.75) is 32.7 Å². The molecule has 0 saturated carbocycles. The molecule has 1 aromatic heterocycles. The number of rotatable bonds is 5. The molecule has 0 bridgehead atoms. The summed E-state index contributed by atoms with van der Waals surface area (Å²) in [6, 6.07) is 11.6. The Kier molecular flexibility index (Phi) is 6.39. The summed E-state index contributed by atoms with van der Waals surface area (Å²) in [5.74, 6) is 1.92. The van der Waals surface area contributed by atoms with Gasteiger partial charge < -0.3 is 24.6 Å². The third kappa shape index (κ3) is 4.99. The van der Waals surface area contributed by atoms with Gasteiger partial charge >= 0.3 is 6.03 Å². The van der Waals surface area contributed by atoms with Crippen LogP contribution < -0.4 is 19.7 Å². The van der Waals surface area contributed by atoms with Gasteiger partial charge in [-0.25, -0.2) is 14.2 Å². The van der Waals surface area contributed by atoms with E-state index in [4.69, 9.17) is 19.4 Å². The summed E-state index contributed by atoms with van der Waals surface area (Å²) in [6.07, 6.45) is 2.79. The van der Waals surface area contributed by atoms with Crippen molar-refractivity contribution >= 4 is 17.7 Å². The second-order valence-electron chi connectivity index (χ2n) is 8.79. The van der Waals surface area contributed by atoms with Gasteiger partial charge in [-0.2, -0.15) is 4.98 Å². The van der Waals surface area contributed by atoms with Gasteiger partial charge in [0.1, 0.15) is 17.3 Å². The highest BCUT2D eigenvalue weighted by atomic mass is 19.1. The van der Waals surface area contributed by atoms with Crippen molar-refractivity contribution in [3.63, 3.8) is 0 Å². The molecule has 2 amide bonds. The number of urea groups is 1. The van der Waals surface area contributed by atoms with Gasteiger partial charge in [0.25, 0.3) is 0 Å². The Bertz CT molecular complexity index is 1250. The molecule has 0 unspecified atom stereocenters. The number of carbonyl (C=O) groups is 1. The van der Waals surface area contributed by atoms with Gasteiger partial charge in [-0.3, -0.25) is 0 Å². The van der Waals surface area contributed by atoms with E-state index in [-0.39, 0.29) is 11.8 Å². The number of anilines is 2. The Labute approximate surface area is 203 Å². The molecule has 2 aromatic carbocycles. The number of benzene rings is 2. The van der Waals surface area contributed by atoms with Crippen LogP contribution in [0.2, 0.25) is 0 Å². The maximum Gasteiger partial charge on any atom is 0.322 e. The van der Waals surface area contributed by atoms with E-state index in [0.717, 1.165) is 37.2 Å². The van der Waals surface area contributed by atoms with Gasteiger partial charge in [0, 0.05) is 37.8 Å². The molecular formula is C26H28FN5O3. The van der Waals surface area contributed by atoms with Crippen molar-refractivity contribution in [2.24, 2.45) is 0 Å². The second kappa shape index (κ2) is 9.77. The molecule has 3 heterocycles. The molecule has 0 aliphatic carbocycles. The van der Waals surface area contributed by atoms with Crippen LogP contribution in [-0.2, 0) is 13.0 Å². The van der Waals surface area contributed by atoms with Gasteiger partial charge in [-0.05, 0) is 55.7 Å². The zero-order chi connectivity index (χ0) is 24.4. The van der Waals surface area contributed by atoms with Crippen LogP contribution in [0.3, 0.4) is 0 Å². The first-order chi connectivity index (χ1) is 17.0. The standard InChI is InChI=1S/C26H28FN5O3/c1-17-14-20(8-9-22(17)27)35-24-21-16-32(26(33)28-18-6-5-7-19(15-18)34-2)13-10-23(21)29-25(30-24)31-11-3-4-12-31/h5-9,14-15H,3-4,10-13,16H2,1-2H3,(H,28,33). The SMILES string of the molecule is COc1cccc(NC(=O)N2CCc3nc(N4CCCC4)nc(Oc4ccc(F)c(C)c4)c3C2)c1. The Morgan fingerprint density at radius 3 is 2.66 bits per heavy atom. The van der Waals surface area contributed by atoms with E-state index in [0.29, 0.717) is 54.1 Å². The Hall–Kier alpha value is -3.88. The lowest BCUT2D eigenvalue weighted by molar-refractivity contribution is 0.205. The van der Waals surface area contributed by atoms with Crippen LogP contribution in [-0.4, -0.2) is 47.6 Å². The minimum absolute atomic E-state index is 0.226. The number of halogens is 1. The number of nitrogens with one attached hydrogen (secondary N) is 1. The molecule has 0 spiro atoms. The molecule has 3 aromatic rings. The number of methoxy groups -OCH3 is 1. The smallest absolute Gasteiger partial charge is 0.322 e. The third-order valence-electron chi connectivity index (χ3n) is 6.35. The van der Waals surface area contributed by atoms with Gasteiger partial charge in [-0.15, -0.1) is 0 Å². The number of fused-ring (bicyclic) bond motifs is 1. The highest BCUT2D eigenvalue weighted by molar-refractivity contribution is 5.89. The lowest BCUT2D eigenvalue weighted by atomic mass is 10.1. The van der Waals surface area contributed by atoms with Gasteiger partial charge in [0.15, 0.2) is 0 Å². The number of aryl methyl sites for hydroxylation is 1. The normalized spacial score (nSPS) is 15.1. The molecule has 5 rings (SSSR count). The lowest BCUT2D eigenvalue weighted by Gasteiger charge is -2.30. The maximum absolute atomic E-state index is 13.8. The zero-order valence-corrected chi connectivity index (χ0v) is 19.9. The number of hydrogen-bond acceptors (Lipinski definition) is 6. The van der Waals surface area contributed by atoms with Crippen LogP contribution in [0.15, 0.2) is 42.5 Å². The maximum atomic E-state index is 13.8. The summed E-state index contributed by atoms with van der Waals surface area (Å²) in [4.78, 5) is 26.5. The number of amides is 2. The summed E-state index contributed by atoms with van der Waals surface area (Å²) in [5, 5.41) is 2.93. The summed E-state index contributed by atoms with van der Waals surface area (Å²) >= 11 is 0. The van der Waals surface area contributed by atoms with Crippen molar-refractivity contribution in [1.82, 2.24) is 14.9 Å². The summed E-state index contributed by atoms with van der Waals surface area (Å²) < 4.78 is 25.2. The fourth-order valence-corrected chi connectivity index (χ4v) is 4.38. The molecule has 0 atom stereocenters. The fourth-order valence-electron chi connectivity index (χ4n) is 4.38. The first-order valence-corrected chi connectivity index (χ1v) is 11.8. The molecule has 1 N–H and O–H groups in total. The van der Waals surface area contributed by atoms with Crippen LogP contribution in [0.5, 0.6) is 17.4 Å². The number of aromatic nitrogens is 2. The molecule has 9 heteroatoms. The summed E-state index contributed by atoms with van der Waals surface area (Å²) in [7, 11) is 1.59. The van der Waals surface area contributed by atoms with E-state index in [1.165, 1.54) is 6.07 Å². The molecule has 8 nitrogen and oxygen atoms in total. The minimum Gasteiger partial charge on any atom is -0.497 e. The average molecular weight is 478 g/mol.